The van der Waals surface area contributed by atoms with Gasteiger partial charge in [0, 0.05) is 18.9 Å². The molecule has 1 unspecified atom stereocenters. The quantitative estimate of drug-likeness (QED) is 0.102. The van der Waals surface area contributed by atoms with E-state index in [9.17, 15) is 0 Å². The zero-order chi connectivity index (χ0) is 32.7. The largest absolute Gasteiger partial charge is 4.00 e. The fourth-order valence-corrected chi connectivity index (χ4v) is 6.71. The molecule has 0 spiro atoms. The van der Waals surface area contributed by atoms with E-state index in [-0.39, 0.29) is 46.7 Å². The molecule has 1 atom stereocenters. The van der Waals surface area contributed by atoms with E-state index in [1.54, 1.807) is 0 Å². The van der Waals surface area contributed by atoms with Crippen LogP contribution in [0.4, 0.5) is 5.69 Å². The first-order valence-electron chi connectivity index (χ1n) is 16.8. The van der Waals surface area contributed by atoms with Crippen molar-refractivity contribution in [2.24, 2.45) is 7.05 Å². The minimum Gasteiger partial charge on any atom is -0.671 e. The van der Waals surface area contributed by atoms with Crippen LogP contribution in [0.1, 0.15) is 150 Å². The fraction of sp³-hybridized carbons (Fsp3) is 0.419. The fourth-order valence-electron chi connectivity index (χ4n) is 6.71. The Morgan fingerprint density at radius 2 is 1.25 bits per heavy atom. The predicted octanol–water partition coefficient (Wildman–Crippen LogP) is 12.8. The number of aryl methyl sites for hydroxylation is 2. The molecular weight excluding hydrogens is 751 g/mol. The van der Waals surface area contributed by atoms with Crippen molar-refractivity contribution in [3.05, 3.63) is 132 Å². The number of imidazole rings is 1. The summed E-state index contributed by atoms with van der Waals surface area (Å²) in [6.07, 6.45) is 2.16. The van der Waals surface area contributed by atoms with E-state index in [4.69, 9.17) is 10.3 Å². The number of benzene rings is 3. The van der Waals surface area contributed by atoms with Crippen molar-refractivity contribution >= 4 is 16.6 Å². The molecule has 0 saturated carbocycles. The van der Waals surface area contributed by atoms with E-state index in [0.717, 1.165) is 28.5 Å². The third-order valence-corrected chi connectivity index (χ3v) is 9.23. The van der Waals surface area contributed by atoms with Crippen LogP contribution in [0.5, 0.6) is 0 Å². The van der Waals surface area contributed by atoms with Crippen molar-refractivity contribution < 1.29 is 25.8 Å². The molecule has 0 bridgehead atoms. The molecule has 0 amide bonds. The van der Waals surface area contributed by atoms with Crippen LogP contribution in [-0.2, 0) is 32.9 Å². The summed E-state index contributed by atoms with van der Waals surface area (Å²) in [5, 5.41) is 7.01. The van der Waals surface area contributed by atoms with Crippen molar-refractivity contribution in [1.82, 2.24) is 14.1 Å². The van der Waals surface area contributed by atoms with Crippen LogP contribution in [-0.4, -0.2) is 14.1 Å². The number of rotatable bonds is 10. The Balaban J connectivity index is 0.00000267. The van der Waals surface area contributed by atoms with E-state index in [0.29, 0.717) is 29.6 Å². The monoisotopic (exact) mass is 810 g/mol. The summed E-state index contributed by atoms with van der Waals surface area (Å²) in [6, 6.07) is 23.2. The number of para-hydroxylation sites is 2. The van der Waals surface area contributed by atoms with Crippen molar-refractivity contribution in [2.45, 2.75) is 112 Å². The van der Waals surface area contributed by atoms with Crippen LogP contribution in [0.2, 0.25) is 0 Å². The van der Waals surface area contributed by atoms with Gasteiger partial charge in [-0.3, -0.25) is 0 Å². The van der Waals surface area contributed by atoms with E-state index in [1.165, 1.54) is 38.8 Å². The van der Waals surface area contributed by atoms with Crippen LogP contribution in [0.15, 0.2) is 60.8 Å². The van der Waals surface area contributed by atoms with Gasteiger partial charge >= 0.3 is 25.8 Å². The zero-order valence-corrected chi connectivity index (χ0v) is 35.6. The molecular formula is C43H58HfN4. The second-order valence-corrected chi connectivity index (χ2v) is 14.4. The third kappa shape index (κ3) is 7.93. The summed E-state index contributed by atoms with van der Waals surface area (Å²) in [4.78, 5) is 5.46. The maximum Gasteiger partial charge on any atom is 4.00 e. The SMILES string of the molecule is Cc1cc2ccc[c-]c2n1-c1cn(C)c(C([N-]c2c(C(C)C)cccc2C(C)C)c2c(C(C)C)cc(C(C)C)cc2C(C)C)n1.[CH3-].[CH3-].[Hf+4]. The first kappa shape index (κ1) is 41.3. The molecule has 2 aromatic heterocycles. The Hall–Kier alpha value is -2.92. The van der Waals surface area contributed by atoms with Crippen LogP contribution >= 0.6 is 0 Å². The van der Waals surface area contributed by atoms with E-state index in [1.807, 2.05) is 12.1 Å². The number of fused-ring (bicyclic) bond motifs is 1. The molecule has 0 radical (unpaired) electrons. The molecule has 0 aliphatic carbocycles. The molecule has 5 rings (SSSR count). The summed E-state index contributed by atoms with van der Waals surface area (Å²) in [7, 11) is 2.13. The zero-order valence-electron chi connectivity index (χ0n) is 32.0. The standard InChI is InChI=1S/C41H52N4.2CH3.Hf/c1-24(2)31-21-34(27(7)8)38(35(22-31)28(9)10)40(43-39-32(25(3)4)17-15-18-33(39)26(5)6)41-42-37(23-44(41)12)45-29(11)20-30-16-13-14-19-36(30)45;;;/h13-18,20-28,40H,1-12H3;2*1H3;/q-2;2*-1;+4. The number of hydrogen-bond acceptors (Lipinski definition) is 1. The minimum atomic E-state index is -0.275. The summed E-state index contributed by atoms with van der Waals surface area (Å²) in [6.45, 7) is 25.1. The maximum absolute atomic E-state index is 5.84. The van der Waals surface area contributed by atoms with Crippen LogP contribution in [0.25, 0.3) is 22.0 Å². The number of nitrogens with zero attached hydrogens (tertiary/aromatic N) is 4. The van der Waals surface area contributed by atoms with E-state index >= 15 is 0 Å². The summed E-state index contributed by atoms with van der Waals surface area (Å²) in [5.41, 5.74) is 11.3. The van der Waals surface area contributed by atoms with Crippen LogP contribution in [0, 0.1) is 27.8 Å². The average Bonchev–Trinajstić information content (AvgIpc) is 3.52. The Morgan fingerprint density at radius 1 is 0.708 bits per heavy atom. The summed E-state index contributed by atoms with van der Waals surface area (Å²) < 4.78 is 4.43. The van der Waals surface area contributed by atoms with Gasteiger partial charge in [0.25, 0.3) is 0 Å². The molecule has 0 aliphatic rings. The van der Waals surface area contributed by atoms with E-state index < -0.39 is 0 Å². The van der Waals surface area contributed by atoms with Gasteiger partial charge in [0.2, 0.25) is 0 Å². The van der Waals surface area contributed by atoms with Crippen LogP contribution in [0.3, 0.4) is 0 Å². The first-order chi connectivity index (χ1) is 21.3. The van der Waals surface area contributed by atoms with Gasteiger partial charge in [-0.1, -0.05) is 122 Å². The number of hydrogen-bond donors (Lipinski definition) is 0. The molecule has 0 fully saturated rings. The second-order valence-electron chi connectivity index (χ2n) is 14.4. The smallest absolute Gasteiger partial charge is 0.671 e. The Morgan fingerprint density at radius 3 is 1.75 bits per heavy atom. The molecule has 0 saturated heterocycles. The van der Waals surface area contributed by atoms with Gasteiger partial charge in [0.1, 0.15) is 5.82 Å². The van der Waals surface area contributed by atoms with Crippen molar-refractivity contribution in [2.75, 3.05) is 0 Å². The Labute approximate surface area is 311 Å². The van der Waals surface area contributed by atoms with Gasteiger partial charge in [-0.05, 0) is 64.8 Å². The summed E-state index contributed by atoms with van der Waals surface area (Å²) in [5.74, 6) is 3.67. The molecule has 254 valence electrons. The van der Waals surface area contributed by atoms with Gasteiger partial charge in [-0.15, -0.1) is 11.1 Å². The first-order valence-corrected chi connectivity index (χ1v) is 16.8. The van der Waals surface area contributed by atoms with Crippen molar-refractivity contribution in [3.63, 3.8) is 0 Å². The molecule has 3 aromatic carbocycles. The Bertz CT molecular complexity index is 1750. The normalized spacial score (nSPS) is 12.1. The molecule has 0 aliphatic heterocycles. The second kappa shape index (κ2) is 16.7. The predicted molar refractivity (Wildman–Crippen MR) is 205 cm³/mol. The van der Waals surface area contributed by atoms with Crippen molar-refractivity contribution in [3.8, 4) is 5.82 Å². The molecule has 5 heteroatoms. The van der Waals surface area contributed by atoms with Crippen molar-refractivity contribution in [1.29, 1.82) is 0 Å². The van der Waals surface area contributed by atoms with E-state index in [2.05, 4.69) is 147 Å². The van der Waals surface area contributed by atoms with Gasteiger partial charge in [-0.2, -0.15) is 24.3 Å². The average molecular weight is 809 g/mol. The molecule has 4 nitrogen and oxygen atoms in total. The van der Waals surface area contributed by atoms with Gasteiger partial charge in [-0.25, -0.2) is 4.98 Å². The Kier molecular flexibility index (Phi) is 14.3. The maximum atomic E-state index is 5.84. The van der Waals surface area contributed by atoms with Gasteiger partial charge < -0.3 is 29.3 Å². The molecule has 5 aromatic rings. The van der Waals surface area contributed by atoms with Gasteiger partial charge in [0.15, 0.2) is 5.82 Å². The van der Waals surface area contributed by atoms with Gasteiger partial charge in [0.05, 0.1) is 0 Å². The third-order valence-electron chi connectivity index (χ3n) is 9.23. The number of aromatic nitrogens is 3. The summed E-state index contributed by atoms with van der Waals surface area (Å²) >= 11 is 0. The molecule has 0 N–H and O–H groups in total. The van der Waals surface area contributed by atoms with Crippen LogP contribution < -0.4 is 0 Å². The molecule has 2 heterocycles. The minimum absolute atomic E-state index is 0. The molecule has 48 heavy (non-hydrogen) atoms. The topological polar surface area (TPSA) is 36.9 Å².